The van der Waals surface area contributed by atoms with E-state index in [1.807, 2.05) is 0 Å². The maximum absolute atomic E-state index is 4.70. The Morgan fingerprint density at radius 3 is 3.13 bits per heavy atom. The minimum atomic E-state index is 0.218. The Morgan fingerprint density at radius 1 is 1.60 bits per heavy atom. The third kappa shape index (κ3) is 3.00. The largest absolute Gasteiger partial charge is 0.343 e. The summed E-state index contributed by atoms with van der Waals surface area (Å²) >= 11 is 0. The van der Waals surface area contributed by atoms with E-state index >= 15 is 0 Å². The highest BCUT2D eigenvalue weighted by molar-refractivity contribution is 4.88. The van der Waals surface area contributed by atoms with E-state index < -0.39 is 0 Å². The molecule has 1 aromatic rings. The van der Waals surface area contributed by atoms with E-state index in [2.05, 4.69) is 34.2 Å². The smallest absolute Gasteiger partial charge is 0.213 e. The Labute approximate surface area is 89.8 Å². The average Bonchev–Trinajstić information content (AvgIpc) is 2.65. The van der Waals surface area contributed by atoms with Gasteiger partial charge >= 0.3 is 0 Å². The van der Waals surface area contributed by atoms with Crippen LogP contribution in [0.15, 0.2) is 10.9 Å². The van der Waals surface area contributed by atoms with Gasteiger partial charge in [0, 0.05) is 38.1 Å². The first kappa shape index (κ1) is 10.6. The second-order valence-corrected chi connectivity index (χ2v) is 4.68. The first-order valence-electron chi connectivity index (χ1n) is 5.38. The van der Waals surface area contributed by atoms with E-state index in [4.69, 9.17) is 4.52 Å². The van der Waals surface area contributed by atoms with Crippen LogP contribution in [0.2, 0.25) is 0 Å². The van der Waals surface area contributed by atoms with Gasteiger partial charge in [0.1, 0.15) is 0 Å². The van der Waals surface area contributed by atoms with E-state index in [9.17, 15) is 0 Å². The molecule has 1 saturated heterocycles. The highest BCUT2D eigenvalue weighted by atomic mass is 16.5. The number of rotatable bonds is 3. The van der Waals surface area contributed by atoms with Crippen LogP contribution in [-0.2, 0) is 6.42 Å². The molecule has 2 rings (SSSR count). The van der Waals surface area contributed by atoms with Crippen molar-refractivity contribution in [2.24, 2.45) is 0 Å². The molecule has 5 heteroatoms. The molecule has 5 nitrogen and oxygen atoms in total. The lowest BCUT2D eigenvalue weighted by atomic mass is 10.0. The summed E-state index contributed by atoms with van der Waals surface area (Å²) in [6.45, 7) is 8.69. The molecule has 0 aliphatic carbocycles. The zero-order valence-corrected chi connectivity index (χ0v) is 9.36. The highest BCUT2D eigenvalue weighted by Crippen LogP contribution is 2.10. The molecule has 15 heavy (non-hydrogen) atoms. The van der Waals surface area contributed by atoms with E-state index in [-0.39, 0.29) is 5.54 Å². The van der Waals surface area contributed by atoms with Crippen LogP contribution in [0.3, 0.4) is 0 Å². The van der Waals surface area contributed by atoms with Crippen LogP contribution in [0, 0.1) is 0 Å². The normalized spacial score (nSPS) is 21.7. The van der Waals surface area contributed by atoms with Gasteiger partial charge in [-0.15, -0.1) is 0 Å². The van der Waals surface area contributed by atoms with Crippen molar-refractivity contribution in [1.29, 1.82) is 0 Å². The third-order valence-electron chi connectivity index (χ3n) is 2.71. The topological polar surface area (TPSA) is 54.2 Å². The minimum Gasteiger partial charge on any atom is -0.343 e. The Morgan fingerprint density at radius 2 is 2.47 bits per heavy atom. The van der Waals surface area contributed by atoms with Crippen LogP contribution >= 0.6 is 0 Å². The molecule has 0 amide bonds. The molecule has 84 valence electrons. The molecular formula is C10H18N4O. The van der Waals surface area contributed by atoms with Gasteiger partial charge in [-0.1, -0.05) is 5.16 Å². The summed E-state index contributed by atoms with van der Waals surface area (Å²) in [5.74, 6) is 0.798. The number of piperazine rings is 1. The fraction of sp³-hybridized carbons (Fsp3) is 0.800. The molecule has 0 aromatic carbocycles. The standard InChI is InChI=1S/C10H18N4O/c1-10(2)7-14(6-4-12-10)5-3-9-11-8-15-13-9/h8,12H,3-7H2,1-2H3. The summed E-state index contributed by atoms with van der Waals surface area (Å²) in [7, 11) is 0. The third-order valence-corrected chi connectivity index (χ3v) is 2.71. The van der Waals surface area contributed by atoms with Gasteiger partial charge in [0.2, 0.25) is 6.39 Å². The SMILES string of the molecule is CC1(C)CN(CCc2ncon2)CCN1. The van der Waals surface area contributed by atoms with Crippen molar-refractivity contribution in [3.05, 3.63) is 12.2 Å². The van der Waals surface area contributed by atoms with Gasteiger partial charge < -0.3 is 9.84 Å². The number of nitrogens with one attached hydrogen (secondary N) is 1. The van der Waals surface area contributed by atoms with Gasteiger partial charge in [-0.05, 0) is 13.8 Å². The summed E-state index contributed by atoms with van der Waals surface area (Å²) in [5.41, 5.74) is 0.218. The van der Waals surface area contributed by atoms with Crippen LogP contribution in [0.25, 0.3) is 0 Å². The van der Waals surface area contributed by atoms with Gasteiger partial charge in [0.15, 0.2) is 5.82 Å². The Balaban J connectivity index is 1.80. The lowest BCUT2D eigenvalue weighted by Gasteiger charge is -2.39. The van der Waals surface area contributed by atoms with Crippen LogP contribution < -0.4 is 5.32 Å². The number of nitrogens with zero attached hydrogens (tertiary/aromatic N) is 3. The Bertz CT molecular complexity index is 296. The van der Waals surface area contributed by atoms with E-state index in [0.717, 1.165) is 38.4 Å². The minimum absolute atomic E-state index is 0.218. The summed E-state index contributed by atoms with van der Waals surface area (Å²) < 4.78 is 4.70. The first-order chi connectivity index (χ1) is 7.16. The van der Waals surface area contributed by atoms with Crippen molar-refractivity contribution in [1.82, 2.24) is 20.4 Å². The van der Waals surface area contributed by atoms with Gasteiger partial charge in [-0.2, -0.15) is 4.98 Å². The van der Waals surface area contributed by atoms with E-state index in [1.54, 1.807) is 0 Å². The quantitative estimate of drug-likeness (QED) is 0.777. The molecule has 1 fully saturated rings. The fourth-order valence-electron chi connectivity index (χ4n) is 2.00. The van der Waals surface area contributed by atoms with Crippen molar-refractivity contribution in [3.8, 4) is 0 Å². The lowest BCUT2D eigenvalue weighted by molar-refractivity contribution is 0.155. The molecule has 0 unspecified atom stereocenters. The van der Waals surface area contributed by atoms with Crippen molar-refractivity contribution >= 4 is 0 Å². The molecule has 0 atom stereocenters. The molecule has 1 aliphatic rings. The predicted octanol–water partition coefficient (Wildman–Crippen LogP) is 0.296. The molecule has 1 N–H and O–H groups in total. The molecule has 1 aliphatic heterocycles. The summed E-state index contributed by atoms with van der Waals surface area (Å²) in [4.78, 5) is 6.45. The maximum atomic E-state index is 4.70. The van der Waals surface area contributed by atoms with E-state index in [0.29, 0.717) is 0 Å². The monoisotopic (exact) mass is 210 g/mol. The molecule has 0 radical (unpaired) electrons. The fourth-order valence-corrected chi connectivity index (χ4v) is 2.00. The summed E-state index contributed by atoms with van der Waals surface area (Å²) in [6.07, 6.45) is 2.25. The summed E-state index contributed by atoms with van der Waals surface area (Å²) in [5, 5.41) is 7.30. The van der Waals surface area contributed by atoms with Gasteiger partial charge in [0.05, 0.1) is 0 Å². The molecule has 1 aromatic heterocycles. The van der Waals surface area contributed by atoms with Crippen LogP contribution in [-0.4, -0.2) is 46.8 Å². The number of hydrogen-bond donors (Lipinski definition) is 1. The zero-order valence-electron chi connectivity index (χ0n) is 9.36. The van der Waals surface area contributed by atoms with Crippen LogP contribution in [0.5, 0.6) is 0 Å². The first-order valence-corrected chi connectivity index (χ1v) is 5.38. The van der Waals surface area contributed by atoms with Crippen molar-refractivity contribution in [3.63, 3.8) is 0 Å². The number of aromatic nitrogens is 2. The second kappa shape index (κ2) is 4.28. The van der Waals surface area contributed by atoms with Gasteiger partial charge in [0.25, 0.3) is 0 Å². The molecule has 0 saturated carbocycles. The molecule has 0 spiro atoms. The Kier molecular flexibility index (Phi) is 3.02. The average molecular weight is 210 g/mol. The zero-order chi connectivity index (χ0) is 10.7. The molecule has 0 bridgehead atoms. The molecule has 2 heterocycles. The van der Waals surface area contributed by atoms with Crippen LogP contribution in [0.4, 0.5) is 0 Å². The predicted molar refractivity (Wildman–Crippen MR) is 56.5 cm³/mol. The Hall–Kier alpha value is -0.940. The van der Waals surface area contributed by atoms with Gasteiger partial charge in [-0.3, -0.25) is 4.90 Å². The maximum Gasteiger partial charge on any atom is 0.213 e. The second-order valence-electron chi connectivity index (χ2n) is 4.68. The highest BCUT2D eigenvalue weighted by Gasteiger charge is 2.25. The molecular weight excluding hydrogens is 192 g/mol. The van der Waals surface area contributed by atoms with Crippen molar-refractivity contribution in [2.75, 3.05) is 26.2 Å². The van der Waals surface area contributed by atoms with Crippen LogP contribution in [0.1, 0.15) is 19.7 Å². The van der Waals surface area contributed by atoms with Gasteiger partial charge in [-0.25, -0.2) is 0 Å². The van der Waals surface area contributed by atoms with Crippen molar-refractivity contribution in [2.45, 2.75) is 25.8 Å². The number of hydrogen-bond acceptors (Lipinski definition) is 5. The van der Waals surface area contributed by atoms with Crippen molar-refractivity contribution < 1.29 is 4.52 Å². The lowest BCUT2D eigenvalue weighted by Crippen LogP contribution is -2.57. The summed E-state index contributed by atoms with van der Waals surface area (Å²) in [6, 6.07) is 0. The van der Waals surface area contributed by atoms with E-state index in [1.165, 1.54) is 6.39 Å².